The van der Waals surface area contributed by atoms with E-state index in [2.05, 4.69) is 24.5 Å². The first kappa shape index (κ1) is 18.2. The van der Waals surface area contributed by atoms with Crippen LogP contribution in [0.1, 0.15) is 54.1 Å². The van der Waals surface area contributed by atoms with Crippen molar-refractivity contribution >= 4 is 22.8 Å². The lowest BCUT2D eigenvalue weighted by molar-refractivity contribution is -0.122. The second-order valence-electron chi connectivity index (χ2n) is 7.62. The van der Waals surface area contributed by atoms with Crippen LogP contribution in [0.25, 0.3) is 11.0 Å². The van der Waals surface area contributed by atoms with Gasteiger partial charge in [-0.1, -0.05) is 44.2 Å². The maximum Gasteiger partial charge on any atom is 0.252 e. The average Bonchev–Trinajstić information content (AvgIpc) is 3.18. The number of carbonyl (C=O) groups excluding carboxylic acids is 2. The van der Waals surface area contributed by atoms with Gasteiger partial charge >= 0.3 is 0 Å². The van der Waals surface area contributed by atoms with E-state index < -0.39 is 0 Å². The first-order valence-corrected chi connectivity index (χ1v) is 9.56. The predicted octanol–water partition coefficient (Wildman–Crippen LogP) is 3.26. The van der Waals surface area contributed by atoms with E-state index in [0.29, 0.717) is 5.56 Å². The van der Waals surface area contributed by atoms with Crippen molar-refractivity contribution in [3.8, 4) is 0 Å². The number of hydrogen-bond donors (Lipinski definition) is 2. The molecule has 2 atom stereocenters. The zero-order chi connectivity index (χ0) is 19.8. The zero-order valence-corrected chi connectivity index (χ0v) is 16.3. The summed E-state index contributed by atoms with van der Waals surface area (Å²) >= 11 is 0. The minimum Gasteiger partial charge on any atom is -0.346 e. The predicted molar refractivity (Wildman–Crippen MR) is 108 cm³/mol. The van der Waals surface area contributed by atoms with Crippen LogP contribution in [0.5, 0.6) is 0 Å². The van der Waals surface area contributed by atoms with Gasteiger partial charge in [-0.3, -0.25) is 9.59 Å². The summed E-state index contributed by atoms with van der Waals surface area (Å²) in [5.41, 5.74) is 3.48. The Morgan fingerprint density at radius 3 is 2.64 bits per heavy atom. The van der Waals surface area contributed by atoms with E-state index in [-0.39, 0.29) is 36.2 Å². The van der Waals surface area contributed by atoms with E-state index in [0.717, 1.165) is 22.4 Å². The van der Waals surface area contributed by atoms with Gasteiger partial charge in [-0.25, -0.2) is 4.98 Å². The number of nitrogens with zero attached hydrogens (tertiary/aromatic N) is 2. The largest absolute Gasteiger partial charge is 0.346 e. The van der Waals surface area contributed by atoms with Crippen LogP contribution in [0.4, 0.5) is 0 Å². The Morgan fingerprint density at radius 2 is 1.89 bits per heavy atom. The van der Waals surface area contributed by atoms with Gasteiger partial charge in [0.1, 0.15) is 5.82 Å². The molecule has 0 saturated carbocycles. The van der Waals surface area contributed by atoms with Gasteiger partial charge in [0.15, 0.2) is 0 Å². The molecule has 3 aromatic rings. The summed E-state index contributed by atoms with van der Waals surface area (Å²) in [7, 11) is 1.97. The number of fused-ring (bicyclic) bond motifs is 2. The van der Waals surface area contributed by atoms with Crippen LogP contribution in [0.2, 0.25) is 0 Å². The molecular weight excluding hydrogens is 352 g/mol. The van der Waals surface area contributed by atoms with Crippen LogP contribution in [-0.2, 0) is 11.8 Å². The number of rotatable bonds is 5. The summed E-state index contributed by atoms with van der Waals surface area (Å²) in [5.74, 6) is 0.780. The van der Waals surface area contributed by atoms with E-state index in [4.69, 9.17) is 4.98 Å². The number of imidazole rings is 1. The van der Waals surface area contributed by atoms with E-state index in [1.807, 2.05) is 54.1 Å². The quantitative estimate of drug-likeness (QED) is 0.718. The fourth-order valence-corrected chi connectivity index (χ4v) is 3.87. The second kappa shape index (κ2) is 7.11. The van der Waals surface area contributed by atoms with Crippen molar-refractivity contribution in [1.82, 2.24) is 20.2 Å². The molecule has 2 heterocycles. The Labute approximate surface area is 164 Å². The van der Waals surface area contributed by atoms with Crippen LogP contribution >= 0.6 is 0 Å². The summed E-state index contributed by atoms with van der Waals surface area (Å²) in [6.45, 7) is 4.13. The molecule has 6 heteroatoms. The topological polar surface area (TPSA) is 76.0 Å². The number of nitrogens with one attached hydrogen (secondary N) is 2. The number of carbonyl (C=O) groups is 2. The van der Waals surface area contributed by atoms with Gasteiger partial charge in [0.05, 0.1) is 29.5 Å². The van der Waals surface area contributed by atoms with Crippen molar-refractivity contribution < 1.29 is 9.59 Å². The molecule has 2 amide bonds. The molecule has 2 unspecified atom stereocenters. The molecule has 1 aliphatic rings. The summed E-state index contributed by atoms with van der Waals surface area (Å²) in [6.07, 6.45) is 0.204. The van der Waals surface area contributed by atoms with Gasteiger partial charge in [0.2, 0.25) is 5.91 Å². The number of para-hydroxylation sites is 2. The summed E-state index contributed by atoms with van der Waals surface area (Å²) in [4.78, 5) is 29.7. The monoisotopic (exact) mass is 376 g/mol. The fraction of sp³-hybridized carbons (Fsp3) is 0.318. The molecule has 1 aliphatic heterocycles. The third-order valence-electron chi connectivity index (χ3n) is 5.36. The summed E-state index contributed by atoms with van der Waals surface area (Å²) < 4.78 is 2.03. The molecule has 0 bridgehead atoms. The highest BCUT2D eigenvalue weighted by Crippen LogP contribution is 2.29. The van der Waals surface area contributed by atoms with E-state index in [9.17, 15) is 9.59 Å². The van der Waals surface area contributed by atoms with Gasteiger partial charge < -0.3 is 15.2 Å². The number of benzene rings is 2. The van der Waals surface area contributed by atoms with Crippen molar-refractivity contribution in [2.75, 3.05) is 0 Å². The number of aromatic nitrogens is 2. The zero-order valence-electron chi connectivity index (χ0n) is 16.3. The van der Waals surface area contributed by atoms with Crippen LogP contribution in [0, 0.1) is 5.92 Å². The molecule has 0 fully saturated rings. The molecule has 0 saturated heterocycles. The Morgan fingerprint density at radius 1 is 1.18 bits per heavy atom. The molecule has 2 N–H and O–H groups in total. The smallest absolute Gasteiger partial charge is 0.252 e. The Hall–Kier alpha value is -3.15. The van der Waals surface area contributed by atoms with Crippen LogP contribution in [-0.4, -0.2) is 21.4 Å². The normalized spacial score (nSPS) is 16.9. The highest BCUT2D eigenvalue weighted by Gasteiger charge is 2.31. The molecule has 1 aromatic heterocycles. The standard InChI is InChI=1S/C22H24N4O2/c1-13(2)20(21-23-16-10-6-7-11-18(16)26(21)3)25-19(27)12-17-14-8-4-5-9-15(14)22(28)24-17/h4-11,13,17,20H,12H2,1-3H3,(H,24,28)(H,25,27). The van der Waals surface area contributed by atoms with Crippen molar-refractivity contribution in [3.05, 3.63) is 65.5 Å². The average molecular weight is 376 g/mol. The molecule has 2 aromatic carbocycles. The van der Waals surface area contributed by atoms with E-state index >= 15 is 0 Å². The van der Waals surface area contributed by atoms with Crippen molar-refractivity contribution in [2.24, 2.45) is 13.0 Å². The number of aryl methyl sites for hydroxylation is 1. The van der Waals surface area contributed by atoms with Gasteiger partial charge in [-0.05, 0) is 29.7 Å². The third-order valence-corrected chi connectivity index (χ3v) is 5.36. The van der Waals surface area contributed by atoms with E-state index in [1.165, 1.54) is 0 Å². The van der Waals surface area contributed by atoms with Crippen LogP contribution in [0.15, 0.2) is 48.5 Å². The van der Waals surface area contributed by atoms with Crippen molar-refractivity contribution in [3.63, 3.8) is 0 Å². The SMILES string of the molecule is CC(C)C(NC(=O)CC1NC(=O)c2ccccc21)c1nc2ccccc2n1C. The van der Waals surface area contributed by atoms with Gasteiger partial charge in [-0.15, -0.1) is 0 Å². The number of hydrogen-bond acceptors (Lipinski definition) is 3. The lowest BCUT2D eigenvalue weighted by atomic mass is 10.0. The highest BCUT2D eigenvalue weighted by molar-refractivity contribution is 5.99. The molecule has 144 valence electrons. The van der Waals surface area contributed by atoms with Crippen LogP contribution < -0.4 is 10.6 Å². The maximum absolute atomic E-state index is 12.8. The van der Waals surface area contributed by atoms with Gasteiger partial charge in [-0.2, -0.15) is 0 Å². The molecule has 0 spiro atoms. The molecule has 0 radical (unpaired) electrons. The van der Waals surface area contributed by atoms with Crippen molar-refractivity contribution in [1.29, 1.82) is 0 Å². The fourth-order valence-electron chi connectivity index (χ4n) is 3.87. The first-order chi connectivity index (χ1) is 13.5. The maximum atomic E-state index is 12.8. The first-order valence-electron chi connectivity index (χ1n) is 9.56. The molecule has 4 rings (SSSR count). The minimum atomic E-state index is -0.294. The van der Waals surface area contributed by atoms with Gasteiger partial charge in [0.25, 0.3) is 5.91 Å². The molecular formula is C22H24N4O2. The number of amides is 2. The molecule has 28 heavy (non-hydrogen) atoms. The van der Waals surface area contributed by atoms with E-state index in [1.54, 1.807) is 6.07 Å². The summed E-state index contributed by atoms with van der Waals surface area (Å²) in [6, 6.07) is 14.9. The lowest BCUT2D eigenvalue weighted by Gasteiger charge is -2.23. The summed E-state index contributed by atoms with van der Waals surface area (Å²) in [5, 5.41) is 6.04. The Balaban J connectivity index is 1.55. The minimum absolute atomic E-state index is 0.104. The van der Waals surface area contributed by atoms with Crippen LogP contribution in [0.3, 0.4) is 0 Å². The molecule has 0 aliphatic carbocycles. The lowest BCUT2D eigenvalue weighted by Crippen LogP contribution is -2.35. The van der Waals surface area contributed by atoms with Crippen molar-refractivity contribution in [2.45, 2.75) is 32.4 Å². The molecule has 6 nitrogen and oxygen atoms in total. The third kappa shape index (κ3) is 3.15. The van der Waals surface area contributed by atoms with Gasteiger partial charge in [0, 0.05) is 12.6 Å². The second-order valence-corrected chi connectivity index (χ2v) is 7.62. The Kier molecular flexibility index (Phi) is 4.63. The Bertz CT molecular complexity index is 1050. The highest BCUT2D eigenvalue weighted by atomic mass is 16.2.